The summed E-state index contributed by atoms with van der Waals surface area (Å²) in [6, 6.07) is 19.5. The van der Waals surface area contributed by atoms with Crippen LogP contribution in [0.5, 0.6) is 11.5 Å². The molecule has 0 heterocycles. The van der Waals surface area contributed by atoms with Crippen LogP contribution in [0.1, 0.15) is 32.1 Å². The number of carboxylic acids is 1. The predicted molar refractivity (Wildman–Crippen MR) is 87.2 cm³/mol. The van der Waals surface area contributed by atoms with Crippen LogP contribution in [0.3, 0.4) is 0 Å². The third kappa shape index (κ3) is 5.60. The van der Waals surface area contributed by atoms with Gasteiger partial charge in [-0.05, 0) is 37.1 Å². The molecule has 1 N–H and O–H groups in total. The van der Waals surface area contributed by atoms with Crippen LogP contribution < -0.4 is 4.74 Å². The second-order valence-corrected chi connectivity index (χ2v) is 5.40. The number of carbonyl (C=O) groups is 1. The van der Waals surface area contributed by atoms with E-state index in [1.165, 1.54) is 6.42 Å². The van der Waals surface area contributed by atoms with Crippen LogP contribution in [0.4, 0.5) is 0 Å². The second-order valence-electron chi connectivity index (χ2n) is 5.40. The molecule has 3 heteroatoms. The minimum absolute atomic E-state index is 0.0289. The lowest BCUT2D eigenvalue weighted by Crippen LogP contribution is -2.16. The average molecular weight is 298 g/mol. The zero-order valence-corrected chi connectivity index (χ0v) is 12.7. The number of benzene rings is 2. The van der Waals surface area contributed by atoms with Gasteiger partial charge in [0, 0.05) is 0 Å². The summed E-state index contributed by atoms with van der Waals surface area (Å²) in [5.74, 6) is 1.11. The number of rotatable bonds is 3. The monoisotopic (exact) mass is 298 g/mol. The highest BCUT2D eigenvalue weighted by molar-refractivity contribution is 5.69. The Morgan fingerprint density at radius 3 is 1.64 bits per heavy atom. The van der Waals surface area contributed by atoms with E-state index in [1.807, 2.05) is 60.7 Å². The van der Waals surface area contributed by atoms with Gasteiger partial charge in [-0.2, -0.15) is 0 Å². The van der Waals surface area contributed by atoms with Gasteiger partial charge < -0.3 is 9.84 Å². The molecule has 0 atom stereocenters. The molecule has 0 spiro atoms. The first-order valence-electron chi connectivity index (χ1n) is 7.76. The van der Waals surface area contributed by atoms with E-state index in [4.69, 9.17) is 9.84 Å². The molecule has 1 aliphatic carbocycles. The first-order chi connectivity index (χ1) is 10.8. The van der Waals surface area contributed by atoms with E-state index in [1.54, 1.807) is 0 Å². The average Bonchev–Trinajstić information content (AvgIpc) is 2.58. The van der Waals surface area contributed by atoms with Crippen LogP contribution in [0.2, 0.25) is 0 Å². The fraction of sp³-hybridized carbons (Fsp3) is 0.316. The molecule has 0 unspecified atom stereocenters. The number of aliphatic carboxylic acids is 1. The third-order valence-electron chi connectivity index (χ3n) is 3.68. The van der Waals surface area contributed by atoms with Gasteiger partial charge >= 0.3 is 5.97 Å². The van der Waals surface area contributed by atoms with E-state index in [2.05, 4.69) is 0 Å². The van der Waals surface area contributed by atoms with Crippen molar-refractivity contribution in [1.82, 2.24) is 0 Å². The van der Waals surface area contributed by atoms with E-state index in [-0.39, 0.29) is 5.92 Å². The Morgan fingerprint density at radius 2 is 1.27 bits per heavy atom. The smallest absolute Gasteiger partial charge is 0.306 e. The number of ether oxygens (including phenoxy) is 1. The van der Waals surface area contributed by atoms with Crippen LogP contribution >= 0.6 is 0 Å². The highest BCUT2D eigenvalue weighted by Gasteiger charge is 2.19. The maximum atomic E-state index is 10.4. The molecule has 0 radical (unpaired) electrons. The van der Waals surface area contributed by atoms with Crippen LogP contribution in [-0.4, -0.2) is 11.1 Å². The van der Waals surface area contributed by atoms with Crippen LogP contribution in [-0.2, 0) is 4.79 Å². The molecular formula is C19H22O3. The Hall–Kier alpha value is -2.29. The van der Waals surface area contributed by atoms with Crippen molar-refractivity contribution >= 4 is 5.97 Å². The summed E-state index contributed by atoms with van der Waals surface area (Å²) >= 11 is 0. The van der Waals surface area contributed by atoms with Crippen molar-refractivity contribution in [3.8, 4) is 11.5 Å². The molecule has 0 saturated heterocycles. The lowest BCUT2D eigenvalue weighted by Gasteiger charge is -2.16. The predicted octanol–water partition coefficient (Wildman–Crippen LogP) is 5.13. The molecule has 3 nitrogen and oxygen atoms in total. The van der Waals surface area contributed by atoms with Gasteiger partial charge in [-0.1, -0.05) is 55.7 Å². The van der Waals surface area contributed by atoms with Crippen molar-refractivity contribution in [2.45, 2.75) is 32.1 Å². The minimum Gasteiger partial charge on any atom is -0.481 e. The molecule has 0 amide bonds. The van der Waals surface area contributed by atoms with Crippen molar-refractivity contribution < 1.29 is 14.6 Å². The summed E-state index contributed by atoms with van der Waals surface area (Å²) in [5, 5.41) is 8.54. The van der Waals surface area contributed by atoms with E-state index in [9.17, 15) is 4.79 Å². The summed E-state index contributed by atoms with van der Waals surface area (Å²) in [4.78, 5) is 10.4. The topological polar surface area (TPSA) is 46.5 Å². The Balaban J connectivity index is 0.000000172. The summed E-state index contributed by atoms with van der Waals surface area (Å²) in [6.07, 6.45) is 5.24. The lowest BCUT2D eigenvalue weighted by atomic mass is 9.90. The van der Waals surface area contributed by atoms with E-state index < -0.39 is 5.97 Å². The zero-order valence-electron chi connectivity index (χ0n) is 12.7. The Labute approximate surface area is 131 Å². The molecule has 1 fully saturated rings. The lowest BCUT2D eigenvalue weighted by molar-refractivity contribution is -0.142. The molecule has 116 valence electrons. The van der Waals surface area contributed by atoms with Gasteiger partial charge in [0.25, 0.3) is 0 Å². The maximum absolute atomic E-state index is 10.4. The molecule has 0 bridgehead atoms. The number of carboxylic acid groups (broad SMARTS) is 1. The fourth-order valence-electron chi connectivity index (χ4n) is 2.46. The Bertz CT molecular complexity index is 508. The van der Waals surface area contributed by atoms with E-state index in [0.717, 1.165) is 37.2 Å². The highest BCUT2D eigenvalue weighted by Crippen LogP contribution is 2.23. The molecule has 0 aromatic heterocycles. The van der Waals surface area contributed by atoms with Crippen molar-refractivity contribution in [3.63, 3.8) is 0 Å². The zero-order chi connectivity index (χ0) is 15.6. The van der Waals surface area contributed by atoms with Gasteiger partial charge in [0.1, 0.15) is 11.5 Å². The maximum Gasteiger partial charge on any atom is 0.306 e. The molecule has 0 aliphatic heterocycles. The number of para-hydroxylation sites is 2. The van der Waals surface area contributed by atoms with Gasteiger partial charge in [0.05, 0.1) is 5.92 Å². The summed E-state index contributed by atoms with van der Waals surface area (Å²) in [5.41, 5.74) is 0. The van der Waals surface area contributed by atoms with Crippen molar-refractivity contribution in [2.24, 2.45) is 5.92 Å². The Kier molecular flexibility index (Phi) is 6.49. The summed E-state index contributed by atoms with van der Waals surface area (Å²) in [6.45, 7) is 0. The van der Waals surface area contributed by atoms with Crippen LogP contribution in [0.25, 0.3) is 0 Å². The van der Waals surface area contributed by atoms with Gasteiger partial charge in [-0.3, -0.25) is 4.79 Å². The minimum atomic E-state index is -0.602. The van der Waals surface area contributed by atoms with Gasteiger partial charge in [-0.25, -0.2) is 0 Å². The largest absolute Gasteiger partial charge is 0.481 e. The summed E-state index contributed by atoms with van der Waals surface area (Å²) < 4.78 is 5.58. The van der Waals surface area contributed by atoms with Crippen molar-refractivity contribution in [3.05, 3.63) is 60.7 Å². The molecule has 2 aromatic carbocycles. The molecule has 3 rings (SSSR count). The molecule has 1 saturated carbocycles. The fourth-order valence-corrected chi connectivity index (χ4v) is 2.46. The van der Waals surface area contributed by atoms with Crippen molar-refractivity contribution in [1.29, 1.82) is 0 Å². The van der Waals surface area contributed by atoms with Gasteiger partial charge in [0.2, 0.25) is 0 Å². The molecule has 22 heavy (non-hydrogen) atoms. The molecule has 2 aromatic rings. The normalized spacial score (nSPS) is 14.5. The third-order valence-corrected chi connectivity index (χ3v) is 3.68. The standard InChI is InChI=1S/C12H10O.C7H12O2/c1-3-7-11(8-4-1)13-12-9-5-2-6-10-12;8-7(9)6-4-2-1-3-5-6/h1-10H;6H,1-5H2,(H,8,9). The Morgan fingerprint density at radius 1 is 0.818 bits per heavy atom. The highest BCUT2D eigenvalue weighted by atomic mass is 16.5. The van der Waals surface area contributed by atoms with E-state index in [0.29, 0.717) is 0 Å². The molecular weight excluding hydrogens is 276 g/mol. The molecule has 1 aliphatic rings. The number of hydrogen-bond donors (Lipinski definition) is 1. The van der Waals surface area contributed by atoms with Gasteiger partial charge in [0.15, 0.2) is 0 Å². The van der Waals surface area contributed by atoms with Crippen LogP contribution in [0.15, 0.2) is 60.7 Å². The van der Waals surface area contributed by atoms with Gasteiger partial charge in [-0.15, -0.1) is 0 Å². The first kappa shape index (κ1) is 16.1. The van der Waals surface area contributed by atoms with Crippen molar-refractivity contribution in [2.75, 3.05) is 0 Å². The van der Waals surface area contributed by atoms with Crippen LogP contribution in [0, 0.1) is 5.92 Å². The van der Waals surface area contributed by atoms with E-state index >= 15 is 0 Å². The second kappa shape index (κ2) is 8.88. The summed E-state index contributed by atoms with van der Waals surface area (Å²) in [7, 11) is 0. The quantitative estimate of drug-likeness (QED) is 0.854. The first-order valence-corrected chi connectivity index (χ1v) is 7.76. The SMILES string of the molecule is O=C(O)C1CCCCC1.c1ccc(Oc2ccccc2)cc1. The number of hydrogen-bond acceptors (Lipinski definition) is 2.